The first-order valence-corrected chi connectivity index (χ1v) is 8.00. The van der Waals surface area contributed by atoms with Crippen LogP contribution in [0.1, 0.15) is 4.88 Å². The van der Waals surface area contributed by atoms with Crippen LogP contribution in [0.3, 0.4) is 0 Å². The van der Waals surface area contributed by atoms with Gasteiger partial charge in [0.1, 0.15) is 5.48 Å². The van der Waals surface area contributed by atoms with Gasteiger partial charge in [0.2, 0.25) is 0 Å². The van der Waals surface area contributed by atoms with Gasteiger partial charge in [0.15, 0.2) is 0 Å². The Morgan fingerprint density at radius 2 is 2.00 bits per heavy atom. The molecule has 2 aromatic heterocycles. The molecule has 5 heteroatoms. The van der Waals surface area contributed by atoms with Crippen molar-refractivity contribution in [2.75, 3.05) is 0 Å². The van der Waals surface area contributed by atoms with Gasteiger partial charge < -0.3 is 9.97 Å². The van der Waals surface area contributed by atoms with E-state index in [1.54, 1.807) is 23.7 Å². The first-order chi connectivity index (χ1) is 11.2. The van der Waals surface area contributed by atoms with Crippen molar-refractivity contribution in [3.05, 3.63) is 84.6 Å². The topological polar surface area (TPSA) is 61.5 Å². The molecule has 4 rings (SSSR count). The third kappa shape index (κ3) is 2.41. The average Bonchev–Trinajstić information content (AvgIpc) is 3.16. The Kier molecular flexibility index (Phi) is 3.20. The molecule has 0 saturated carbocycles. The number of aromatic nitrogens is 3. The van der Waals surface area contributed by atoms with Crippen molar-refractivity contribution in [1.82, 2.24) is 15.0 Å². The molecule has 4 nitrogen and oxygen atoms in total. The number of nitrogens with one attached hydrogen (secondary N) is 2. The molecule has 0 radical (unpaired) electrons. The molecule has 112 valence electrons. The molecule has 23 heavy (non-hydrogen) atoms. The highest BCUT2D eigenvalue weighted by atomic mass is 32.1. The van der Waals surface area contributed by atoms with Gasteiger partial charge >= 0.3 is 0 Å². The van der Waals surface area contributed by atoms with Crippen molar-refractivity contribution in [3.63, 3.8) is 0 Å². The minimum absolute atomic E-state index is 0.101. The van der Waals surface area contributed by atoms with Gasteiger partial charge in [-0.05, 0) is 41.3 Å². The second kappa shape index (κ2) is 5.37. The molecule has 2 N–H and O–H groups in total. The van der Waals surface area contributed by atoms with Crippen molar-refractivity contribution in [3.8, 4) is 11.1 Å². The molecule has 2 aliphatic rings. The van der Waals surface area contributed by atoms with Crippen LogP contribution < -0.4 is 16.1 Å². The third-order valence-electron chi connectivity index (χ3n) is 3.75. The molecule has 0 atom stereocenters. The van der Waals surface area contributed by atoms with Crippen LogP contribution in [0, 0.1) is 10.7 Å². The summed E-state index contributed by atoms with van der Waals surface area (Å²) in [6.45, 7) is 4.06. The summed E-state index contributed by atoms with van der Waals surface area (Å²) < 4.78 is 0. The van der Waals surface area contributed by atoms with Crippen molar-refractivity contribution in [2.24, 2.45) is 0 Å². The molecule has 0 amide bonds. The third-order valence-corrected chi connectivity index (χ3v) is 4.57. The van der Waals surface area contributed by atoms with Crippen molar-refractivity contribution >= 4 is 24.0 Å². The molecular formula is C18H13N3OS. The predicted octanol–water partition coefficient (Wildman–Crippen LogP) is 1.79. The number of rotatable bonds is 2. The highest BCUT2D eigenvalue weighted by molar-refractivity contribution is 7.10. The van der Waals surface area contributed by atoms with Crippen LogP contribution >= 0.6 is 11.3 Å². The second-order valence-corrected chi connectivity index (χ2v) is 6.19. The van der Waals surface area contributed by atoms with Gasteiger partial charge in [-0.1, -0.05) is 12.6 Å². The summed E-state index contributed by atoms with van der Waals surface area (Å²) in [5, 5.41) is 4.28. The Labute approximate surface area is 135 Å². The fourth-order valence-corrected chi connectivity index (χ4v) is 3.31. The van der Waals surface area contributed by atoms with Crippen LogP contribution in [0.4, 0.5) is 0 Å². The van der Waals surface area contributed by atoms with Crippen LogP contribution in [0.15, 0.2) is 52.9 Å². The van der Waals surface area contributed by atoms with Gasteiger partial charge in [-0.25, -0.2) is 0 Å². The lowest BCUT2D eigenvalue weighted by molar-refractivity contribution is 1.08. The molecule has 0 unspecified atom stereocenters. The Morgan fingerprint density at radius 1 is 1.17 bits per heavy atom. The number of nitrogens with zero attached hydrogens (tertiary/aromatic N) is 1. The second-order valence-electron chi connectivity index (χ2n) is 5.21. The predicted molar refractivity (Wildman–Crippen MR) is 92.6 cm³/mol. The SMILES string of the molecule is C=c1[nH]c2[nH]c(=O)c(=Cc3cccs3)c=2cc1-c1ccncc1. The normalized spacial score (nSPS) is 12.1. The van der Waals surface area contributed by atoms with E-state index < -0.39 is 0 Å². The number of hydrogen-bond acceptors (Lipinski definition) is 3. The van der Waals surface area contributed by atoms with Crippen molar-refractivity contribution in [1.29, 1.82) is 0 Å². The van der Waals surface area contributed by atoms with Gasteiger partial charge in [0.05, 0.1) is 5.22 Å². The van der Waals surface area contributed by atoms with Crippen LogP contribution in [0.25, 0.3) is 23.8 Å². The summed E-state index contributed by atoms with van der Waals surface area (Å²) in [6.07, 6.45) is 5.40. The fourth-order valence-electron chi connectivity index (χ4n) is 2.65. The van der Waals surface area contributed by atoms with E-state index in [-0.39, 0.29) is 5.56 Å². The Balaban J connectivity index is 2.07. The lowest BCUT2D eigenvalue weighted by Crippen LogP contribution is -2.22. The van der Waals surface area contributed by atoms with E-state index in [2.05, 4.69) is 21.5 Å². The minimum Gasteiger partial charge on any atom is -0.341 e. The maximum Gasteiger partial charge on any atom is 0.257 e. The summed E-state index contributed by atoms with van der Waals surface area (Å²) >= 11 is 1.60. The number of H-pyrrole nitrogens is 2. The van der Waals surface area contributed by atoms with E-state index in [1.807, 2.05) is 41.8 Å². The standard InChI is InChI=1S/C18H13N3OS/c1-11-14(12-4-6-19-7-5-12)10-15-16(9-13-3-2-8-23-13)18(22)21-17(15)20-11/h2-10,20H,1H2,(H,21,22). The molecule has 0 fully saturated rings. The molecule has 0 spiro atoms. The number of pyridine rings is 1. The van der Waals surface area contributed by atoms with Gasteiger partial charge in [-0.3, -0.25) is 9.78 Å². The number of aromatic amines is 2. The molecular weight excluding hydrogens is 306 g/mol. The van der Waals surface area contributed by atoms with E-state index in [4.69, 9.17) is 0 Å². The lowest BCUT2D eigenvalue weighted by Gasteiger charge is -2.01. The van der Waals surface area contributed by atoms with Gasteiger partial charge in [0, 0.05) is 33.4 Å². The first-order valence-electron chi connectivity index (χ1n) is 7.12. The van der Waals surface area contributed by atoms with E-state index in [9.17, 15) is 4.79 Å². The molecule has 0 saturated heterocycles. The van der Waals surface area contributed by atoms with Crippen LogP contribution in [0.5, 0.6) is 0 Å². The van der Waals surface area contributed by atoms with Crippen LogP contribution in [-0.2, 0) is 0 Å². The monoisotopic (exact) mass is 319 g/mol. The van der Waals surface area contributed by atoms with Gasteiger partial charge in [-0.2, -0.15) is 0 Å². The van der Waals surface area contributed by atoms with E-state index in [1.165, 1.54) is 0 Å². The van der Waals surface area contributed by atoms with Crippen molar-refractivity contribution in [2.45, 2.75) is 0 Å². The molecule has 2 aliphatic heterocycles. The average molecular weight is 319 g/mol. The van der Waals surface area contributed by atoms with Crippen LogP contribution in [0.2, 0.25) is 0 Å². The van der Waals surface area contributed by atoms with Crippen LogP contribution in [-0.4, -0.2) is 15.0 Å². The Hall–Kier alpha value is -2.92. The zero-order chi connectivity index (χ0) is 15.8. The van der Waals surface area contributed by atoms with E-state index in [0.717, 1.165) is 26.6 Å². The van der Waals surface area contributed by atoms with Gasteiger partial charge in [-0.15, -0.1) is 11.3 Å². The Morgan fingerprint density at radius 3 is 2.74 bits per heavy atom. The Bertz CT molecular complexity index is 1190. The quantitative estimate of drug-likeness (QED) is 0.592. The van der Waals surface area contributed by atoms with Gasteiger partial charge in [0.25, 0.3) is 5.56 Å². The molecule has 2 aromatic rings. The summed E-state index contributed by atoms with van der Waals surface area (Å²) in [5.41, 5.74) is 2.56. The maximum atomic E-state index is 12.3. The molecule has 0 aliphatic carbocycles. The van der Waals surface area contributed by atoms with Crippen molar-refractivity contribution < 1.29 is 0 Å². The molecule has 0 bridgehead atoms. The smallest absolute Gasteiger partial charge is 0.257 e. The lowest BCUT2D eigenvalue weighted by atomic mass is 10.1. The zero-order valence-electron chi connectivity index (χ0n) is 12.2. The number of thiophene rings is 1. The highest BCUT2D eigenvalue weighted by Gasteiger charge is 2.05. The minimum atomic E-state index is -0.101. The molecule has 4 heterocycles. The summed E-state index contributed by atoms with van der Waals surface area (Å²) in [7, 11) is 0. The molecule has 0 aromatic carbocycles. The number of hydrogen-bond donors (Lipinski definition) is 2. The fraction of sp³-hybridized carbons (Fsp3) is 0. The first kappa shape index (κ1) is 13.7. The van der Waals surface area contributed by atoms with E-state index in [0.29, 0.717) is 10.7 Å². The maximum absolute atomic E-state index is 12.3. The highest BCUT2D eigenvalue weighted by Crippen LogP contribution is 2.13. The zero-order valence-corrected chi connectivity index (χ0v) is 13.0. The summed E-state index contributed by atoms with van der Waals surface area (Å²) in [5.74, 6) is 0. The largest absolute Gasteiger partial charge is 0.341 e. The van der Waals surface area contributed by atoms with E-state index >= 15 is 0 Å². The summed E-state index contributed by atoms with van der Waals surface area (Å²) in [6, 6.07) is 9.82. The summed E-state index contributed by atoms with van der Waals surface area (Å²) in [4.78, 5) is 23.4.